The molecule has 1 heterocycles. The Hall–Kier alpha value is -2.91. The number of hydrogen-bond donors (Lipinski definition) is 3. The van der Waals surface area contributed by atoms with Crippen LogP contribution < -0.4 is 14.8 Å². The summed E-state index contributed by atoms with van der Waals surface area (Å²) >= 11 is 0. The van der Waals surface area contributed by atoms with E-state index >= 15 is 0 Å². The molecule has 0 radical (unpaired) electrons. The van der Waals surface area contributed by atoms with Gasteiger partial charge in [-0.05, 0) is 37.5 Å². The monoisotopic (exact) mass is 500 g/mol. The third kappa shape index (κ3) is 4.86. The molecule has 9 heteroatoms. The lowest BCUT2D eigenvalue weighted by molar-refractivity contribution is -0.141. The number of carbonyl (C=O) groups is 3. The van der Waals surface area contributed by atoms with Crippen molar-refractivity contribution in [2.75, 3.05) is 20.3 Å². The average Bonchev–Trinajstić information content (AvgIpc) is 3.29. The smallest absolute Gasteiger partial charge is 0.247 e. The Morgan fingerprint density at radius 2 is 2.00 bits per heavy atom. The van der Waals surface area contributed by atoms with E-state index in [9.17, 15) is 24.6 Å². The highest BCUT2D eigenvalue weighted by Crippen LogP contribution is 2.51. The van der Waals surface area contributed by atoms with E-state index in [0.29, 0.717) is 47.3 Å². The Morgan fingerprint density at radius 1 is 1.25 bits per heavy atom. The summed E-state index contributed by atoms with van der Waals surface area (Å²) < 4.78 is 11.7. The molecule has 1 saturated carbocycles. The van der Waals surface area contributed by atoms with Crippen LogP contribution in [0.3, 0.4) is 0 Å². The standard InChI is InChI=1S/C27H36N2O7/c1-3-7-22(32)29(17-8-5-4-6-9-17)20-14-19(27(34)28-10-11-30)23-18-12-16(15-31)13-21(35-2)25(18)36-26(23)24(20)33/h12-15,17,20,23-24,26,30,33H,3-11H2,1-2H3,(H,28,34)/t20-,23+,24+,26+/m1/s1. The third-order valence-corrected chi connectivity index (χ3v) is 7.45. The quantitative estimate of drug-likeness (QED) is 0.444. The van der Waals surface area contributed by atoms with E-state index in [0.717, 1.165) is 32.1 Å². The third-order valence-electron chi connectivity index (χ3n) is 7.45. The second-order valence-corrected chi connectivity index (χ2v) is 9.75. The Balaban J connectivity index is 1.81. The Labute approximate surface area is 211 Å². The summed E-state index contributed by atoms with van der Waals surface area (Å²) in [5.74, 6) is -0.394. The van der Waals surface area contributed by atoms with Crippen molar-refractivity contribution < 1.29 is 34.1 Å². The molecule has 9 nitrogen and oxygen atoms in total. The minimum absolute atomic E-state index is 0.0213. The molecule has 2 aliphatic carbocycles. The van der Waals surface area contributed by atoms with E-state index in [1.165, 1.54) is 7.11 Å². The largest absolute Gasteiger partial charge is 0.493 e. The van der Waals surface area contributed by atoms with Gasteiger partial charge < -0.3 is 29.9 Å². The summed E-state index contributed by atoms with van der Waals surface area (Å²) in [5.41, 5.74) is 1.29. The zero-order valence-corrected chi connectivity index (χ0v) is 20.9. The maximum Gasteiger partial charge on any atom is 0.247 e. The first-order valence-electron chi connectivity index (χ1n) is 12.9. The molecule has 36 heavy (non-hydrogen) atoms. The van der Waals surface area contributed by atoms with E-state index in [2.05, 4.69) is 5.32 Å². The summed E-state index contributed by atoms with van der Waals surface area (Å²) in [6.07, 6.45) is 6.32. The fraction of sp³-hybridized carbons (Fsp3) is 0.593. The highest BCUT2D eigenvalue weighted by atomic mass is 16.5. The van der Waals surface area contributed by atoms with Gasteiger partial charge in [0.1, 0.15) is 18.5 Å². The van der Waals surface area contributed by atoms with Crippen LogP contribution in [0.5, 0.6) is 11.5 Å². The number of nitrogens with one attached hydrogen (secondary N) is 1. The number of carbonyl (C=O) groups excluding carboxylic acids is 3. The number of aldehydes is 1. The van der Waals surface area contributed by atoms with Crippen molar-refractivity contribution in [1.82, 2.24) is 10.2 Å². The van der Waals surface area contributed by atoms with Gasteiger partial charge in [0.15, 0.2) is 11.5 Å². The van der Waals surface area contributed by atoms with E-state index in [-0.39, 0.29) is 25.1 Å². The number of ether oxygens (including phenoxy) is 2. The minimum atomic E-state index is -1.09. The Kier molecular flexibility index (Phi) is 8.31. The van der Waals surface area contributed by atoms with Crippen LogP contribution in [0, 0.1) is 0 Å². The van der Waals surface area contributed by atoms with Crippen LogP contribution in [0.1, 0.15) is 73.7 Å². The average molecular weight is 501 g/mol. The number of benzene rings is 1. The zero-order chi connectivity index (χ0) is 25.8. The zero-order valence-electron chi connectivity index (χ0n) is 20.9. The van der Waals surface area contributed by atoms with Crippen LogP contribution in [0.4, 0.5) is 0 Å². The highest BCUT2D eigenvalue weighted by molar-refractivity contribution is 5.96. The lowest BCUT2D eigenvalue weighted by atomic mass is 9.76. The van der Waals surface area contributed by atoms with Crippen molar-refractivity contribution >= 4 is 18.1 Å². The molecule has 0 spiro atoms. The van der Waals surface area contributed by atoms with Gasteiger partial charge in [0.25, 0.3) is 0 Å². The maximum atomic E-state index is 13.4. The van der Waals surface area contributed by atoms with Gasteiger partial charge >= 0.3 is 0 Å². The Bertz CT molecular complexity index is 1020. The molecule has 3 aliphatic rings. The lowest BCUT2D eigenvalue weighted by Crippen LogP contribution is -2.58. The van der Waals surface area contributed by atoms with Crippen LogP contribution >= 0.6 is 0 Å². The Morgan fingerprint density at radius 3 is 2.64 bits per heavy atom. The van der Waals surface area contributed by atoms with E-state index in [1.807, 2.05) is 6.92 Å². The van der Waals surface area contributed by atoms with Crippen molar-refractivity contribution in [2.45, 2.75) is 82.1 Å². The fourth-order valence-electron chi connectivity index (χ4n) is 5.84. The van der Waals surface area contributed by atoms with E-state index in [1.54, 1.807) is 23.1 Å². The molecule has 0 aromatic heterocycles. The summed E-state index contributed by atoms with van der Waals surface area (Å²) in [5, 5.41) is 23.6. The SMILES string of the molecule is CCCC(=O)N(C1CCCCC1)[C@@H]1C=C(C(=O)NCCO)[C@@H]2c3cc(C=O)cc(OC)c3O[C@@H]2[C@H]1O. The molecular formula is C27H36N2O7. The number of hydrogen-bond acceptors (Lipinski definition) is 7. The van der Waals surface area contributed by atoms with Gasteiger partial charge in [-0.1, -0.05) is 26.2 Å². The maximum absolute atomic E-state index is 13.4. The number of amides is 2. The fourth-order valence-corrected chi connectivity index (χ4v) is 5.84. The first kappa shape index (κ1) is 26.2. The number of rotatable bonds is 9. The summed E-state index contributed by atoms with van der Waals surface area (Å²) in [6.45, 7) is 1.79. The number of nitrogens with zero attached hydrogens (tertiary/aromatic N) is 1. The second-order valence-electron chi connectivity index (χ2n) is 9.75. The molecule has 1 aromatic rings. The van der Waals surface area contributed by atoms with Gasteiger partial charge in [-0.3, -0.25) is 14.4 Å². The van der Waals surface area contributed by atoms with Crippen LogP contribution in [-0.4, -0.2) is 77.8 Å². The van der Waals surface area contributed by atoms with Gasteiger partial charge in [0, 0.05) is 35.7 Å². The predicted molar refractivity (Wildman–Crippen MR) is 132 cm³/mol. The molecule has 1 aromatic carbocycles. The molecule has 0 saturated heterocycles. The van der Waals surface area contributed by atoms with Crippen molar-refractivity contribution in [3.8, 4) is 11.5 Å². The van der Waals surface area contributed by atoms with Gasteiger partial charge in [0.2, 0.25) is 11.8 Å². The first-order chi connectivity index (χ1) is 17.4. The van der Waals surface area contributed by atoms with Crippen molar-refractivity contribution in [3.05, 3.63) is 34.9 Å². The summed E-state index contributed by atoms with van der Waals surface area (Å²) in [7, 11) is 1.47. The van der Waals surface area contributed by atoms with Crippen molar-refractivity contribution in [2.24, 2.45) is 0 Å². The number of methoxy groups -OCH3 is 1. The van der Waals surface area contributed by atoms with Gasteiger partial charge in [-0.25, -0.2) is 0 Å². The van der Waals surface area contributed by atoms with Crippen molar-refractivity contribution in [1.29, 1.82) is 0 Å². The van der Waals surface area contributed by atoms with Gasteiger partial charge in [-0.2, -0.15) is 0 Å². The van der Waals surface area contributed by atoms with E-state index in [4.69, 9.17) is 9.47 Å². The topological polar surface area (TPSA) is 125 Å². The molecule has 3 N–H and O–H groups in total. The van der Waals surface area contributed by atoms with Crippen LogP contribution in [0.2, 0.25) is 0 Å². The molecule has 1 fully saturated rings. The van der Waals surface area contributed by atoms with Gasteiger partial charge in [0.05, 0.1) is 25.7 Å². The second kappa shape index (κ2) is 11.4. The highest BCUT2D eigenvalue weighted by Gasteiger charge is 2.52. The van der Waals surface area contributed by atoms with Crippen molar-refractivity contribution in [3.63, 3.8) is 0 Å². The first-order valence-corrected chi connectivity index (χ1v) is 12.9. The molecule has 4 rings (SSSR count). The molecular weight excluding hydrogens is 464 g/mol. The normalized spacial score (nSPS) is 25.2. The molecule has 196 valence electrons. The number of aliphatic hydroxyl groups excluding tert-OH is 2. The van der Waals surface area contributed by atoms with E-state index < -0.39 is 30.1 Å². The molecule has 0 bridgehead atoms. The van der Waals surface area contributed by atoms with Crippen LogP contribution in [-0.2, 0) is 9.59 Å². The van der Waals surface area contributed by atoms with Crippen LogP contribution in [0.15, 0.2) is 23.8 Å². The molecule has 0 unspecified atom stereocenters. The molecule has 2 amide bonds. The minimum Gasteiger partial charge on any atom is -0.493 e. The number of aliphatic hydroxyl groups is 2. The van der Waals surface area contributed by atoms with Crippen LogP contribution in [0.25, 0.3) is 0 Å². The van der Waals surface area contributed by atoms with Gasteiger partial charge in [-0.15, -0.1) is 0 Å². The summed E-state index contributed by atoms with van der Waals surface area (Å²) in [6, 6.07) is 2.44. The number of fused-ring (bicyclic) bond motifs is 3. The molecule has 1 aliphatic heterocycles. The molecule has 4 atom stereocenters. The summed E-state index contributed by atoms with van der Waals surface area (Å²) in [4.78, 5) is 40.1. The lowest BCUT2D eigenvalue weighted by Gasteiger charge is -2.45. The predicted octanol–water partition coefficient (Wildman–Crippen LogP) is 2.09.